The van der Waals surface area contributed by atoms with Gasteiger partial charge in [-0.05, 0) is 32.3 Å². The third-order valence-electron chi connectivity index (χ3n) is 2.94. The average molecular weight is 257 g/mol. The Morgan fingerprint density at radius 2 is 1.74 bits per heavy atom. The van der Waals surface area contributed by atoms with Crippen molar-refractivity contribution in [2.45, 2.75) is 46.1 Å². The Morgan fingerprint density at radius 1 is 1.11 bits per heavy atom. The Kier molecular flexibility index (Phi) is 3.65. The summed E-state index contributed by atoms with van der Waals surface area (Å²) in [5.74, 6) is 1.38. The Balaban J connectivity index is 2.47. The second-order valence-corrected chi connectivity index (χ2v) is 6.26. The number of nitrogens with one attached hydrogen (secondary N) is 2. The van der Waals surface area contributed by atoms with Crippen LogP contribution in [0.3, 0.4) is 0 Å². The highest BCUT2D eigenvalue weighted by Crippen LogP contribution is 2.33. The predicted molar refractivity (Wildman–Crippen MR) is 81.5 cm³/mol. The van der Waals surface area contributed by atoms with Gasteiger partial charge in [0.15, 0.2) is 5.82 Å². The van der Waals surface area contributed by atoms with Gasteiger partial charge in [0.1, 0.15) is 0 Å². The molecule has 0 aliphatic rings. The maximum absolute atomic E-state index is 4.46. The van der Waals surface area contributed by atoms with E-state index in [2.05, 4.69) is 74.4 Å². The zero-order valence-corrected chi connectivity index (χ0v) is 12.4. The van der Waals surface area contributed by atoms with Gasteiger partial charge in [-0.1, -0.05) is 44.2 Å². The van der Waals surface area contributed by atoms with Crippen LogP contribution in [0.2, 0.25) is 0 Å². The lowest BCUT2D eigenvalue weighted by atomic mass is 9.97. The molecule has 0 saturated carbocycles. The number of H-pyrrole nitrogens is 1. The van der Waals surface area contributed by atoms with E-state index in [1.54, 1.807) is 0 Å². The van der Waals surface area contributed by atoms with E-state index in [-0.39, 0.29) is 5.54 Å². The van der Waals surface area contributed by atoms with Crippen molar-refractivity contribution in [3.63, 3.8) is 0 Å². The number of hydrogen-bond acceptors (Lipinski definition) is 2. The monoisotopic (exact) mass is 257 g/mol. The lowest BCUT2D eigenvalue weighted by molar-refractivity contribution is 0.627. The standard InChI is InChI=1S/C16H23N3/c1-11(2)13-14(12-9-7-6-8-10-12)18-19-15(13)17-16(3,4)5/h6-11H,1-5H3,(H2,17,18,19). The van der Waals surface area contributed by atoms with Crippen LogP contribution < -0.4 is 5.32 Å². The van der Waals surface area contributed by atoms with Crippen molar-refractivity contribution in [3.8, 4) is 11.3 Å². The zero-order valence-electron chi connectivity index (χ0n) is 12.4. The lowest BCUT2D eigenvalue weighted by Crippen LogP contribution is -2.27. The molecular formula is C16H23N3. The molecule has 0 radical (unpaired) electrons. The Morgan fingerprint density at radius 3 is 2.26 bits per heavy atom. The third-order valence-corrected chi connectivity index (χ3v) is 2.94. The van der Waals surface area contributed by atoms with E-state index in [9.17, 15) is 0 Å². The fraction of sp³-hybridized carbons (Fsp3) is 0.438. The first kappa shape index (κ1) is 13.7. The molecule has 3 heteroatoms. The van der Waals surface area contributed by atoms with Crippen molar-refractivity contribution in [1.82, 2.24) is 10.2 Å². The van der Waals surface area contributed by atoms with Crippen LogP contribution in [0.4, 0.5) is 5.82 Å². The summed E-state index contributed by atoms with van der Waals surface area (Å²) >= 11 is 0. The van der Waals surface area contributed by atoms with Crippen molar-refractivity contribution in [2.75, 3.05) is 5.32 Å². The van der Waals surface area contributed by atoms with E-state index in [4.69, 9.17) is 0 Å². The molecule has 0 aliphatic heterocycles. The fourth-order valence-corrected chi connectivity index (χ4v) is 2.19. The topological polar surface area (TPSA) is 40.7 Å². The van der Waals surface area contributed by atoms with E-state index in [0.29, 0.717) is 5.92 Å². The zero-order chi connectivity index (χ0) is 14.0. The van der Waals surface area contributed by atoms with Gasteiger partial charge in [0.25, 0.3) is 0 Å². The highest BCUT2D eigenvalue weighted by Gasteiger charge is 2.20. The SMILES string of the molecule is CC(C)c1c(NC(C)(C)C)n[nH]c1-c1ccccc1. The van der Waals surface area contributed by atoms with Crippen LogP contribution in [-0.2, 0) is 0 Å². The van der Waals surface area contributed by atoms with Crippen LogP contribution in [0.5, 0.6) is 0 Å². The van der Waals surface area contributed by atoms with Crippen LogP contribution in [0.15, 0.2) is 30.3 Å². The maximum atomic E-state index is 4.46. The molecule has 3 nitrogen and oxygen atoms in total. The van der Waals surface area contributed by atoms with Gasteiger partial charge in [-0.3, -0.25) is 5.10 Å². The van der Waals surface area contributed by atoms with Gasteiger partial charge in [0, 0.05) is 11.1 Å². The molecule has 2 aromatic rings. The van der Waals surface area contributed by atoms with Crippen LogP contribution in [-0.4, -0.2) is 15.7 Å². The largest absolute Gasteiger partial charge is 0.364 e. The molecule has 1 heterocycles. The summed E-state index contributed by atoms with van der Waals surface area (Å²) in [4.78, 5) is 0. The number of anilines is 1. The minimum Gasteiger partial charge on any atom is -0.364 e. The number of aromatic amines is 1. The van der Waals surface area contributed by atoms with Crippen molar-refractivity contribution in [3.05, 3.63) is 35.9 Å². The molecule has 19 heavy (non-hydrogen) atoms. The summed E-state index contributed by atoms with van der Waals surface area (Å²) in [6.45, 7) is 10.8. The van der Waals surface area contributed by atoms with E-state index in [1.807, 2.05) is 6.07 Å². The summed E-state index contributed by atoms with van der Waals surface area (Å²) in [6, 6.07) is 10.4. The summed E-state index contributed by atoms with van der Waals surface area (Å²) < 4.78 is 0. The summed E-state index contributed by atoms with van der Waals surface area (Å²) in [6.07, 6.45) is 0. The van der Waals surface area contributed by atoms with E-state index >= 15 is 0 Å². The molecule has 0 atom stereocenters. The number of hydrogen-bond donors (Lipinski definition) is 2. The molecule has 1 aromatic carbocycles. The van der Waals surface area contributed by atoms with Crippen LogP contribution in [0.1, 0.15) is 46.1 Å². The van der Waals surface area contributed by atoms with Crippen molar-refractivity contribution < 1.29 is 0 Å². The van der Waals surface area contributed by atoms with Gasteiger partial charge in [-0.2, -0.15) is 5.10 Å². The summed E-state index contributed by atoms with van der Waals surface area (Å²) in [7, 11) is 0. The van der Waals surface area contributed by atoms with Crippen LogP contribution >= 0.6 is 0 Å². The first-order chi connectivity index (χ1) is 8.88. The van der Waals surface area contributed by atoms with Gasteiger partial charge in [-0.25, -0.2) is 0 Å². The van der Waals surface area contributed by atoms with Gasteiger partial charge >= 0.3 is 0 Å². The lowest BCUT2D eigenvalue weighted by Gasteiger charge is -2.22. The van der Waals surface area contributed by atoms with E-state index in [1.165, 1.54) is 11.1 Å². The highest BCUT2D eigenvalue weighted by atomic mass is 15.2. The minimum atomic E-state index is 0.00674. The Hall–Kier alpha value is -1.77. The molecule has 0 saturated heterocycles. The molecule has 0 bridgehead atoms. The Labute approximate surface area is 115 Å². The van der Waals surface area contributed by atoms with E-state index in [0.717, 1.165) is 11.5 Å². The molecule has 0 fully saturated rings. The van der Waals surface area contributed by atoms with Gasteiger partial charge < -0.3 is 5.32 Å². The molecule has 0 aliphatic carbocycles. The fourth-order valence-electron chi connectivity index (χ4n) is 2.19. The first-order valence-corrected chi connectivity index (χ1v) is 6.80. The normalized spacial score (nSPS) is 11.9. The average Bonchev–Trinajstić information content (AvgIpc) is 2.71. The second kappa shape index (κ2) is 5.08. The Bertz CT molecular complexity index is 533. The minimum absolute atomic E-state index is 0.00674. The molecule has 1 aromatic heterocycles. The number of benzene rings is 1. The van der Waals surface area contributed by atoms with Crippen LogP contribution in [0.25, 0.3) is 11.3 Å². The molecule has 102 valence electrons. The second-order valence-electron chi connectivity index (χ2n) is 6.26. The number of nitrogens with zero attached hydrogens (tertiary/aromatic N) is 1. The van der Waals surface area contributed by atoms with Crippen molar-refractivity contribution >= 4 is 5.82 Å². The third kappa shape index (κ3) is 3.16. The maximum Gasteiger partial charge on any atom is 0.152 e. The molecule has 0 unspecified atom stereocenters. The van der Waals surface area contributed by atoms with Crippen LogP contribution in [0, 0.1) is 0 Å². The quantitative estimate of drug-likeness (QED) is 0.855. The molecule has 2 rings (SSSR count). The smallest absolute Gasteiger partial charge is 0.152 e. The van der Waals surface area contributed by atoms with Crippen molar-refractivity contribution in [2.24, 2.45) is 0 Å². The van der Waals surface area contributed by atoms with Gasteiger partial charge in [-0.15, -0.1) is 0 Å². The van der Waals surface area contributed by atoms with E-state index < -0.39 is 0 Å². The van der Waals surface area contributed by atoms with Crippen molar-refractivity contribution in [1.29, 1.82) is 0 Å². The summed E-state index contributed by atoms with van der Waals surface area (Å²) in [5, 5.41) is 11.1. The molecule has 2 N–H and O–H groups in total. The number of aromatic nitrogens is 2. The molecular weight excluding hydrogens is 234 g/mol. The predicted octanol–water partition coefficient (Wildman–Crippen LogP) is 4.41. The van der Waals surface area contributed by atoms with Gasteiger partial charge in [0.2, 0.25) is 0 Å². The highest BCUT2D eigenvalue weighted by molar-refractivity contribution is 5.70. The molecule has 0 amide bonds. The summed E-state index contributed by atoms with van der Waals surface area (Å²) in [5.41, 5.74) is 3.55. The number of rotatable bonds is 3. The molecule has 0 spiro atoms. The first-order valence-electron chi connectivity index (χ1n) is 6.80. The van der Waals surface area contributed by atoms with Gasteiger partial charge in [0.05, 0.1) is 5.69 Å².